The number of hydrogen-bond acceptors (Lipinski definition) is 3. The number of aromatic carboxylic acids is 1. The van der Waals surface area contributed by atoms with Crippen molar-refractivity contribution in [2.24, 2.45) is 5.92 Å². The Bertz CT molecular complexity index is 420. The highest BCUT2D eigenvalue weighted by Crippen LogP contribution is 2.27. The first-order valence-corrected chi connectivity index (χ1v) is 6.53. The molecule has 5 heteroatoms. The normalized spacial score (nSPS) is 16.4. The van der Waals surface area contributed by atoms with Gasteiger partial charge in [-0.25, -0.2) is 4.79 Å². The van der Waals surface area contributed by atoms with Crippen molar-refractivity contribution in [3.05, 3.63) is 11.9 Å². The first-order chi connectivity index (χ1) is 8.58. The maximum absolute atomic E-state index is 11.3. The molecule has 0 bridgehead atoms. The van der Waals surface area contributed by atoms with Gasteiger partial charge in [-0.3, -0.25) is 4.68 Å². The SMILES string of the molecule is CC(C)Cn1ncc(OC2CCCC2)c1C(=O)O. The first-order valence-electron chi connectivity index (χ1n) is 6.53. The van der Waals surface area contributed by atoms with Gasteiger partial charge in [0.15, 0.2) is 11.4 Å². The monoisotopic (exact) mass is 252 g/mol. The molecule has 5 nitrogen and oxygen atoms in total. The fraction of sp³-hybridized carbons (Fsp3) is 0.692. The van der Waals surface area contributed by atoms with E-state index in [0.717, 1.165) is 25.7 Å². The van der Waals surface area contributed by atoms with Crippen molar-refractivity contribution in [2.45, 2.75) is 52.2 Å². The maximum Gasteiger partial charge on any atom is 0.358 e. The average Bonchev–Trinajstić information content (AvgIpc) is 2.88. The van der Waals surface area contributed by atoms with Gasteiger partial charge in [0, 0.05) is 6.54 Å². The Kier molecular flexibility index (Phi) is 3.89. The lowest BCUT2D eigenvalue weighted by molar-refractivity contribution is 0.0674. The molecule has 0 aliphatic heterocycles. The van der Waals surface area contributed by atoms with Crippen molar-refractivity contribution in [2.75, 3.05) is 0 Å². The van der Waals surface area contributed by atoms with Crippen LogP contribution in [0.3, 0.4) is 0 Å². The first kappa shape index (κ1) is 12.9. The van der Waals surface area contributed by atoms with Crippen LogP contribution in [0.15, 0.2) is 6.20 Å². The van der Waals surface area contributed by atoms with Gasteiger partial charge in [0.1, 0.15) is 0 Å². The lowest BCUT2D eigenvalue weighted by atomic mass is 10.2. The van der Waals surface area contributed by atoms with Crippen LogP contribution in [0, 0.1) is 5.92 Å². The highest BCUT2D eigenvalue weighted by molar-refractivity contribution is 5.88. The summed E-state index contributed by atoms with van der Waals surface area (Å²) in [5, 5.41) is 13.4. The van der Waals surface area contributed by atoms with Gasteiger partial charge in [0.25, 0.3) is 0 Å². The van der Waals surface area contributed by atoms with Crippen LogP contribution in [-0.2, 0) is 6.54 Å². The Labute approximate surface area is 107 Å². The summed E-state index contributed by atoms with van der Waals surface area (Å²) in [6.07, 6.45) is 6.02. The highest BCUT2D eigenvalue weighted by atomic mass is 16.5. The van der Waals surface area contributed by atoms with Crippen LogP contribution < -0.4 is 4.74 Å². The zero-order valence-corrected chi connectivity index (χ0v) is 10.9. The van der Waals surface area contributed by atoms with E-state index in [1.807, 2.05) is 13.8 Å². The second-order valence-corrected chi connectivity index (χ2v) is 5.26. The van der Waals surface area contributed by atoms with Crippen LogP contribution >= 0.6 is 0 Å². The van der Waals surface area contributed by atoms with Gasteiger partial charge in [-0.2, -0.15) is 5.10 Å². The van der Waals surface area contributed by atoms with E-state index < -0.39 is 5.97 Å². The molecule has 18 heavy (non-hydrogen) atoms. The van der Waals surface area contributed by atoms with Gasteiger partial charge < -0.3 is 9.84 Å². The molecule has 0 aromatic carbocycles. The van der Waals surface area contributed by atoms with Crippen molar-refractivity contribution in [3.8, 4) is 5.75 Å². The summed E-state index contributed by atoms with van der Waals surface area (Å²) in [6, 6.07) is 0. The molecule has 2 rings (SSSR count). The minimum atomic E-state index is -0.971. The molecule has 0 spiro atoms. The fourth-order valence-corrected chi connectivity index (χ4v) is 2.34. The Hall–Kier alpha value is -1.52. The molecule has 1 aromatic heterocycles. The Morgan fingerprint density at radius 3 is 2.78 bits per heavy atom. The summed E-state index contributed by atoms with van der Waals surface area (Å²) < 4.78 is 7.29. The maximum atomic E-state index is 11.3. The third kappa shape index (κ3) is 2.83. The van der Waals surface area contributed by atoms with Crippen molar-refractivity contribution in [3.63, 3.8) is 0 Å². The quantitative estimate of drug-likeness (QED) is 0.874. The fourth-order valence-electron chi connectivity index (χ4n) is 2.34. The van der Waals surface area contributed by atoms with Gasteiger partial charge in [-0.1, -0.05) is 13.8 Å². The van der Waals surface area contributed by atoms with E-state index in [1.165, 1.54) is 10.9 Å². The minimum Gasteiger partial charge on any atom is -0.486 e. The third-order valence-corrected chi connectivity index (χ3v) is 3.14. The van der Waals surface area contributed by atoms with E-state index in [0.29, 0.717) is 18.2 Å². The van der Waals surface area contributed by atoms with Crippen LogP contribution in [0.25, 0.3) is 0 Å². The van der Waals surface area contributed by atoms with Crippen LogP contribution in [-0.4, -0.2) is 27.0 Å². The molecule has 1 heterocycles. The van der Waals surface area contributed by atoms with Crippen molar-refractivity contribution >= 4 is 5.97 Å². The average molecular weight is 252 g/mol. The molecular formula is C13H20N2O3. The van der Waals surface area contributed by atoms with E-state index in [9.17, 15) is 9.90 Å². The number of rotatable bonds is 5. The number of aromatic nitrogens is 2. The lowest BCUT2D eigenvalue weighted by Gasteiger charge is -2.13. The molecular weight excluding hydrogens is 232 g/mol. The Morgan fingerprint density at radius 2 is 2.22 bits per heavy atom. The van der Waals surface area contributed by atoms with Gasteiger partial charge >= 0.3 is 5.97 Å². The smallest absolute Gasteiger partial charge is 0.358 e. The topological polar surface area (TPSA) is 64.4 Å². The number of nitrogens with zero attached hydrogens (tertiary/aromatic N) is 2. The van der Waals surface area contributed by atoms with E-state index in [1.54, 1.807) is 0 Å². The lowest BCUT2D eigenvalue weighted by Crippen LogP contribution is -2.17. The third-order valence-electron chi connectivity index (χ3n) is 3.14. The summed E-state index contributed by atoms with van der Waals surface area (Å²) in [6.45, 7) is 4.66. The molecule has 0 radical (unpaired) electrons. The number of carbonyl (C=O) groups is 1. The molecule has 0 amide bonds. The number of hydrogen-bond donors (Lipinski definition) is 1. The summed E-state index contributed by atoms with van der Waals surface area (Å²) in [5.41, 5.74) is 0.176. The van der Waals surface area contributed by atoms with Crippen molar-refractivity contribution < 1.29 is 14.6 Å². The summed E-state index contributed by atoms with van der Waals surface area (Å²) >= 11 is 0. The molecule has 0 saturated heterocycles. The summed E-state index contributed by atoms with van der Waals surface area (Å²) in [5.74, 6) is -0.210. The van der Waals surface area contributed by atoms with E-state index in [4.69, 9.17) is 4.74 Å². The summed E-state index contributed by atoms with van der Waals surface area (Å²) in [7, 11) is 0. The molecule has 1 saturated carbocycles. The van der Waals surface area contributed by atoms with Gasteiger partial charge in [-0.15, -0.1) is 0 Å². The molecule has 1 aliphatic carbocycles. The molecule has 0 atom stereocenters. The highest BCUT2D eigenvalue weighted by Gasteiger charge is 2.24. The van der Waals surface area contributed by atoms with Crippen LogP contribution in [0.1, 0.15) is 50.0 Å². The van der Waals surface area contributed by atoms with E-state index in [-0.39, 0.29) is 11.8 Å². The predicted octanol–water partition coefficient (Wildman–Crippen LogP) is 2.56. The van der Waals surface area contributed by atoms with Crippen LogP contribution in [0.5, 0.6) is 5.75 Å². The van der Waals surface area contributed by atoms with E-state index >= 15 is 0 Å². The predicted molar refractivity (Wildman–Crippen MR) is 66.9 cm³/mol. The molecule has 1 fully saturated rings. The molecule has 1 aromatic rings. The molecule has 0 unspecified atom stereocenters. The van der Waals surface area contributed by atoms with Crippen LogP contribution in [0.2, 0.25) is 0 Å². The molecule has 100 valence electrons. The minimum absolute atomic E-state index is 0.153. The second-order valence-electron chi connectivity index (χ2n) is 5.26. The van der Waals surface area contributed by atoms with E-state index in [2.05, 4.69) is 5.10 Å². The van der Waals surface area contributed by atoms with Crippen LogP contribution in [0.4, 0.5) is 0 Å². The number of ether oxygens (including phenoxy) is 1. The standard InChI is InChI=1S/C13H20N2O3/c1-9(2)8-15-12(13(16)17)11(7-14-15)18-10-5-3-4-6-10/h7,9-10H,3-6,8H2,1-2H3,(H,16,17). The second kappa shape index (κ2) is 5.42. The van der Waals surface area contributed by atoms with Gasteiger partial charge in [-0.05, 0) is 31.6 Å². The number of carboxylic acid groups (broad SMARTS) is 1. The zero-order valence-electron chi connectivity index (χ0n) is 10.9. The van der Waals surface area contributed by atoms with Gasteiger partial charge in [0.05, 0.1) is 12.3 Å². The molecule has 1 N–H and O–H groups in total. The zero-order chi connectivity index (χ0) is 13.1. The Morgan fingerprint density at radius 1 is 1.56 bits per heavy atom. The Balaban J connectivity index is 2.18. The van der Waals surface area contributed by atoms with Crippen molar-refractivity contribution in [1.29, 1.82) is 0 Å². The number of carboxylic acids is 1. The van der Waals surface area contributed by atoms with Crippen molar-refractivity contribution in [1.82, 2.24) is 9.78 Å². The largest absolute Gasteiger partial charge is 0.486 e. The molecule has 1 aliphatic rings. The summed E-state index contributed by atoms with van der Waals surface area (Å²) in [4.78, 5) is 11.3. The van der Waals surface area contributed by atoms with Gasteiger partial charge in [0.2, 0.25) is 0 Å².